The molecule has 0 saturated carbocycles. The molecule has 0 radical (unpaired) electrons. The van der Waals surface area contributed by atoms with Gasteiger partial charge in [-0.25, -0.2) is 4.68 Å². The Morgan fingerprint density at radius 2 is 2.08 bits per heavy atom. The topological polar surface area (TPSA) is 56.1 Å². The minimum Gasteiger partial charge on any atom is -0.494 e. The second kappa shape index (κ2) is 6.84. The number of carbonyl (C=O) groups is 1. The largest absolute Gasteiger partial charge is 0.494 e. The molecular weight excluding hydrogens is 350 g/mol. The summed E-state index contributed by atoms with van der Waals surface area (Å²) in [6, 6.07) is 15.3. The Morgan fingerprint density at radius 1 is 1.27 bits per heavy atom. The number of hydrogen-bond donors (Lipinski definition) is 1. The zero-order valence-electron chi connectivity index (χ0n) is 14.3. The summed E-state index contributed by atoms with van der Waals surface area (Å²) in [7, 11) is 0. The van der Waals surface area contributed by atoms with Crippen LogP contribution in [0.1, 0.15) is 30.4 Å². The highest BCUT2D eigenvalue weighted by molar-refractivity contribution is 6.30. The van der Waals surface area contributed by atoms with Crippen LogP contribution in [0.4, 0.5) is 5.82 Å². The van der Waals surface area contributed by atoms with Crippen molar-refractivity contribution in [3.8, 4) is 11.4 Å². The number of hydrogen-bond acceptors (Lipinski definition) is 3. The maximum absolute atomic E-state index is 12.4. The van der Waals surface area contributed by atoms with Gasteiger partial charge in [0.15, 0.2) is 0 Å². The van der Waals surface area contributed by atoms with E-state index in [2.05, 4.69) is 10.4 Å². The molecule has 0 aliphatic carbocycles. The molecule has 1 aliphatic rings. The van der Waals surface area contributed by atoms with Crippen LogP contribution in [0.15, 0.2) is 54.7 Å². The lowest BCUT2D eigenvalue weighted by Gasteiger charge is -2.24. The average molecular weight is 368 g/mol. The van der Waals surface area contributed by atoms with Crippen LogP contribution in [0.3, 0.4) is 0 Å². The van der Waals surface area contributed by atoms with Gasteiger partial charge in [0.25, 0.3) is 0 Å². The number of benzene rings is 2. The molecule has 1 amide bonds. The quantitative estimate of drug-likeness (QED) is 0.743. The van der Waals surface area contributed by atoms with Crippen molar-refractivity contribution in [1.29, 1.82) is 0 Å². The molecule has 2 aromatic carbocycles. The van der Waals surface area contributed by atoms with E-state index in [0.717, 1.165) is 22.6 Å². The number of nitrogens with one attached hydrogen (secondary N) is 1. The van der Waals surface area contributed by atoms with E-state index in [9.17, 15) is 4.79 Å². The molecule has 0 fully saturated rings. The fourth-order valence-electron chi connectivity index (χ4n) is 3.28. The van der Waals surface area contributed by atoms with E-state index in [1.807, 2.05) is 49.5 Å². The molecular formula is C20H18ClN3O2. The first-order valence-electron chi connectivity index (χ1n) is 8.52. The number of carbonyl (C=O) groups excluding carboxylic acids is 1. The minimum absolute atomic E-state index is 0.0278. The Labute approximate surface area is 156 Å². The maximum atomic E-state index is 12.4. The standard InChI is InChI=1S/C20H18ClN3O2/c1-2-26-16-5-3-4-13(10-16)17-11-19(25)23-20-18(17)12-22-24(20)15-8-6-14(21)7-9-15/h3-10,12,17H,2,11H2,1H3,(H,23,25). The third kappa shape index (κ3) is 3.06. The zero-order chi connectivity index (χ0) is 18.1. The van der Waals surface area contributed by atoms with Crippen molar-refractivity contribution in [1.82, 2.24) is 9.78 Å². The van der Waals surface area contributed by atoms with E-state index in [1.165, 1.54) is 0 Å². The zero-order valence-corrected chi connectivity index (χ0v) is 15.0. The lowest BCUT2D eigenvalue weighted by Crippen LogP contribution is -2.24. The summed E-state index contributed by atoms with van der Waals surface area (Å²) in [6.45, 7) is 2.56. The van der Waals surface area contributed by atoms with Crippen molar-refractivity contribution in [2.75, 3.05) is 11.9 Å². The molecule has 0 spiro atoms. The van der Waals surface area contributed by atoms with Crippen LogP contribution in [-0.4, -0.2) is 22.3 Å². The molecule has 2 heterocycles. The number of anilines is 1. The fraction of sp³-hybridized carbons (Fsp3) is 0.200. The molecule has 1 N–H and O–H groups in total. The normalized spacial score (nSPS) is 16.1. The predicted molar refractivity (Wildman–Crippen MR) is 101 cm³/mol. The van der Waals surface area contributed by atoms with Gasteiger partial charge in [-0.2, -0.15) is 5.10 Å². The van der Waals surface area contributed by atoms with E-state index in [1.54, 1.807) is 16.8 Å². The van der Waals surface area contributed by atoms with Gasteiger partial charge in [-0.3, -0.25) is 4.79 Å². The van der Waals surface area contributed by atoms with Gasteiger partial charge in [0.05, 0.1) is 18.5 Å². The second-order valence-corrected chi connectivity index (χ2v) is 6.58. The Kier molecular flexibility index (Phi) is 4.39. The summed E-state index contributed by atoms with van der Waals surface area (Å²) in [5, 5.41) is 8.11. The van der Waals surface area contributed by atoms with E-state index in [-0.39, 0.29) is 11.8 Å². The molecule has 1 atom stereocenters. The van der Waals surface area contributed by atoms with Gasteiger partial charge in [-0.05, 0) is 48.9 Å². The minimum atomic E-state index is -0.0554. The Hall–Kier alpha value is -2.79. The van der Waals surface area contributed by atoms with E-state index < -0.39 is 0 Å². The Bertz CT molecular complexity index is 950. The molecule has 6 heteroatoms. The monoisotopic (exact) mass is 367 g/mol. The third-order valence-corrected chi connectivity index (χ3v) is 4.71. The lowest BCUT2D eigenvalue weighted by molar-refractivity contribution is -0.116. The number of ether oxygens (including phenoxy) is 1. The van der Waals surface area contributed by atoms with Crippen molar-refractivity contribution < 1.29 is 9.53 Å². The molecule has 0 bridgehead atoms. The molecule has 1 aromatic heterocycles. The average Bonchev–Trinajstić information content (AvgIpc) is 3.06. The Morgan fingerprint density at radius 3 is 2.85 bits per heavy atom. The highest BCUT2D eigenvalue weighted by atomic mass is 35.5. The molecule has 0 saturated heterocycles. The van der Waals surface area contributed by atoms with Crippen molar-refractivity contribution in [2.45, 2.75) is 19.3 Å². The first kappa shape index (κ1) is 16.7. The first-order valence-corrected chi connectivity index (χ1v) is 8.90. The van der Waals surface area contributed by atoms with Crippen molar-refractivity contribution >= 4 is 23.3 Å². The molecule has 3 aromatic rings. The molecule has 132 valence electrons. The summed E-state index contributed by atoms with van der Waals surface area (Å²) >= 11 is 5.97. The van der Waals surface area contributed by atoms with Crippen molar-refractivity contribution in [2.24, 2.45) is 0 Å². The lowest BCUT2D eigenvalue weighted by atomic mass is 9.87. The molecule has 1 aliphatic heterocycles. The summed E-state index contributed by atoms with van der Waals surface area (Å²) in [6.07, 6.45) is 2.20. The molecule has 4 rings (SSSR count). The summed E-state index contributed by atoms with van der Waals surface area (Å²) in [5.74, 6) is 1.43. The summed E-state index contributed by atoms with van der Waals surface area (Å²) in [4.78, 5) is 12.4. The SMILES string of the molecule is CCOc1cccc(C2CC(=O)Nc3c2cnn3-c2ccc(Cl)cc2)c1. The number of aromatic nitrogens is 2. The highest BCUT2D eigenvalue weighted by Crippen LogP contribution is 2.38. The summed E-state index contributed by atoms with van der Waals surface area (Å²) in [5.41, 5.74) is 2.88. The number of fused-ring (bicyclic) bond motifs is 1. The molecule has 1 unspecified atom stereocenters. The van der Waals surface area contributed by atoms with Gasteiger partial charge in [0, 0.05) is 22.9 Å². The fourth-order valence-corrected chi connectivity index (χ4v) is 3.41. The number of halogens is 1. The maximum Gasteiger partial charge on any atom is 0.226 e. The van der Waals surface area contributed by atoms with Gasteiger partial charge >= 0.3 is 0 Å². The van der Waals surface area contributed by atoms with Crippen LogP contribution in [0.25, 0.3) is 5.69 Å². The third-order valence-electron chi connectivity index (χ3n) is 4.46. The molecule has 26 heavy (non-hydrogen) atoms. The van der Waals surface area contributed by atoms with Crippen LogP contribution in [0.2, 0.25) is 5.02 Å². The number of amides is 1. The Balaban J connectivity index is 1.76. The van der Waals surface area contributed by atoms with Gasteiger partial charge in [0.2, 0.25) is 5.91 Å². The van der Waals surface area contributed by atoms with Gasteiger partial charge in [-0.1, -0.05) is 23.7 Å². The molecule has 5 nitrogen and oxygen atoms in total. The van der Waals surface area contributed by atoms with E-state index >= 15 is 0 Å². The van der Waals surface area contributed by atoms with Crippen LogP contribution in [-0.2, 0) is 4.79 Å². The number of rotatable bonds is 4. The summed E-state index contributed by atoms with van der Waals surface area (Å²) < 4.78 is 7.34. The van der Waals surface area contributed by atoms with Crippen LogP contribution in [0, 0.1) is 0 Å². The van der Waals surface area contributed by atoms with Gasteiger partial charge in [-0.15, -0.1) is 0 Å². The van der Waals surface area contributed by atoms with Crippen LogP contribution in [0.5, 0.6) is 5.75 Å². The van der Waals surface area contributed by atoms with Gasteiger partial charge < -0.3 is 10.1 Å². The smallest absolute Gasteiger partial charge is 0.226 e. The van der Waals surface area contributed by atoms with Crippen LogP contribution < -0.4 is 10.1 Å². The first-order chi connectivity index (χ1) is 12.7. The predicted octanol–water partition coefficient (Wildman–Crippen LogP) is 4.40. The second-order valence-electron chi connectivity index (χ2n) is 6.15. The van der Waals surface area contributed by atoms with Crippen molar-refractivity contribution in [3.63, 3.8) is 0 Å². The van der Waals surface area contributed by atoms with E-state index in [4.69, 9.17) is 16.3 Å². The number of nitrogens with zero attached hydrogens (tertiary/aromatic N) is 2. The van der Waals surface area contributed by atoms with E-state index in [0.29, 0.717) is 23.9 Å². The van der Waals surface area contributed by atoms with Crippen LogP contribution >= 0.6 is 11.6 Å². The van der Waals surface area contributed by atoms with Crippen molar-refractivity contribution in [3.05, 3.63) is 70.9 Å². The highest BCUT2D eigenvalue weighted by Gasteiger charge is 2.30. The van der Waals surface area contributed by atoms with Gasteiger partial charge in [0.1, 0.15) is 11.6 Å².